The number of fused-ring (bicyclic) bond motifs is 1. The molecule has 4 rings (SSSR count). The summed E-state index contributed by atoms with van der Waals surface area (Å²) in [5.74, 6) is 2.78. The zero-order valence-corrected chi connectivity index (χ0v) is 16.6. The van der Waals surface area contributed by atoms with Crippen LogP contribution in [-0.2, 0) is 0 Å². The summed E-state index contributed by atoms with van der Waals surface area (Å²) in [5, 5.41) is 1.78. The van der Waals surface area contributed by atoms with Crippen molar-refractivity contribution in [2.75, 3.05) is 27.1 Å². The fraction of sp³-hybridized carbons (Fsp3) is 0.125. The molecule has 0 aliphatic carbocycles. The smallest absolute Gasteiger partial charge is 0.132 e. The molecule has 0 atom stereocenters. The van der Waals surface area contributed by atoms with Crippen molar-refractivity contribution in [3.05, 3.63) is 66.7 Å². The Morgan fingerprint density at radius 2 is 1.28 bits per heavy atom. The lowest BCUT2D eigenvalue weighted by Crippen LogP contribution is -2.00. The van der Waals surface area contributed by atoms with Gasteiger partial charge in [-0.25, -0.2) is 4.98 Å². The summed E-state index contributed by atoms with van der Waals surface area (Å²) in [5.41, 5.74) is 10.0. The lowest BCUT2D eigenvalue weighted by atomic mass is 9.93. The maximum Gasteiger partial charge on any atom is 0.132 e. The van der Waals surface area contributed by atoms with Crippen molar-refractivity contribution in [2.24, 2.45) is 0 Å². The Kier molecular flexibility index (Phi) is 4.96. The van der Waals surface area contributed by atoms with Crippen molar-refractivity contribution in [2.45, 2.75) is 0 Å². The molecule has 5 nitrogen and oxygen atoms in total. The van der Waals surface area contributed by atoms with E-state index in [1.807, 2.05) is 66.7 Å². The van der Waals surface area contributed by atoms with Gasteiger partial charge in [0, 0.05) is 21.9 Å². The summed E-state index contributed by atoms with van der Waals surface area (Å²) < 4.78 is 16.3. The van der Waals surface area contributed by atoms with Crippen molar-refractivity contribution >= 4 is 16.6 Å². The first-order valence-electron chi connectivity index (χ1n) is 9.21. The van der Waals surface area contributed by atoms with Gasteiger partial charge in [-0.05, 0) is 48.0 Å². The van der Waals surface area contributed by atoms with E-state index in [4.69, 9.17) is 24.9 Å². The molecule has 3 aromatic carbocycles. The van der Waals surface area contributed by atoms with E-state index in [1.54, 1.807) is 21.3 Å². The average molecular weight is 386 g/mol. The number of ether oxygens (including phenoxy) is 3. The molecule has 29 heavy (non-hydrogen) atoms. The first-order chi connectivity index (χ1) is 14.2. The monoisotopic (exact) mass is 386 g/mol. The molecular formula is C24H22N2O3. The largest absolute Gasteiger partial charge is 0.497 e. The van der Waals surface area contributed by atoms with Gasteiger partial charge >= 0.3 is 0 Å². The number of benzene rings is 3. The molecule has 4 aromatic rings. The number of anilines is 1. The van der Waals surface area contributed by atoms with Crippen LogP contribution in [0.5, 0.6) is 17.2 Å². The van der Waals surface area contributed by atoms with Gasteiger partial charge < -0.3 is 19.9 Å². The lowest BCUT2D eigenvalue weighted by Gasteiger charge is -2.17. The second-order valence-electron chi connectivity index (χ2n) is 6.56. The zero-order valence-electron chi connectivity index (χ0n) is 16.6. The highest BCUT2D eigenvalue weighted by atomic mass is 16.5. The van der Waals surface area contributed by atoms with Gasteiger partial charge in [-0.2, -0.15) is 0 Å². The summed E-state index contributed by atoms with van der Waals surface area (Å²) in [6, 6.07) is 21.5. The molecule has 0 aliphatic heterocycles. The van der Waals surface area contributed by atoms with Gasteiger partial charge in [-0.1, -0.05) is 24.3 Å². The van der Waals surface area contributed by atoms with Crippen molar-refractivity contribution in [1.29, 1.82) is 0 Å². The number of hydrogen-bond acceptors (Lipinski definition) is 5. The van der Waals surface area contributed by atoms with E-state index >= 15 is 0 Å². The molecule has 0 radical (unpaired) electrons. The molecule has 2 N–H and O–H groups in total. The summed E-state index contributed by atoms with van der Waals surface area (Å²) in [6.45, 7) is 0. The predicted molar refractivity (Wildman–Crippen MR) is 117 cm³/mol. The molecule has 0 spiro atoms. The molecule has 0 saturated carbocycles. The van der Waals surface area contributed by atoms with E-state index in [1.165, 1.54) is 0 Å². The maximum absolute atomic E-state index is 6.36. The van der Waals surface area contributed by atoms with Crippen LogP contribution in [-0.4, -0.2) is 26.3 Å². The molecule has 0 fully saturated rings. The number of rotatable bonds is 5. The first-order valence-corrected chi connectivity index (χ1v) is 9.21. The Morgan fingerprint density at radius 3 is 1.83 bits per heavy atom. The molecule has 0 bridgehead atoms. The number of nitrogen functional groups attached to an aromatic ring is 1. The summed E-state index contributed by atoms with van der Waals surface area (Å²) in [4.78, 5) is 4.77. The van der Waals surface area contributed by atoms with Crippen LogP contribution in [0.1, 0.15) is 0 Å². The van der Waals surface area contributed by atoms with E-state index < -0.39 is 0 Å². The molecule has 0 saturated heterocycles. The van der Waals surface area contributed by atoms with E-state index in [2.05, 4.69) is 0 Å². The van der Waals surface area contributed by atoms with Crippen LogP contribution in [0, 0.1) is 0 Å². The Morgan fingerprint density at radius 1 is 0.690 bits per heavy atom. The van der Waals surface area contributed by atoms with Gasteiger partial charge in [0.05, 0.1) is 27.0 Å². The van der Waals surface area contributed by atoms with E-state index in [0.717, 1.165) is 50.4 Å². The Balaban J connectivity index is 2.08. The van der Waals surface area contributed by atoms with Gasteiger partial charge in [0.2, 0.25) is 0 Å². The quantitative estimate of drug-likeness (QED) is 0.512. The van der Waals surface area contributed by atoms with Crippen molar-refractivity contribution < 1.29 is 14.2 Å². The third-order valence-corrected chi connectivity index (χ3v) is 4.98. The van der Waals surface area contributed by atoms with Gasteiger partial charge in [0.15, 0.2) is 0 Å². The van der Waals surface area contributed by atoms with Crippen LogP contribution in [0.25, 0.3) is 33.2 Å². The first kappa shape index (κ1) is 18.6. The molecule has 5 heteroatoms. The minimum atomic E-state index is 0.460. The van der Waals surface area contributed by atoms with Crippen LogP contribution in [0.4, 0.5) is 5.82 Å². The van der Waals surface area contributed by atoms with E-state index in [0.29, 0.717) is 5.82 Å². The molecule has 0 unspecified atom stereocenters. The van der Waals surface area contributed by atoms with Crippen LogP contribution in [0.3, 0.4) is 0 Å². The molecule has 1 aromatic heterocycles. The SMILES string of the molecule is COc1ccc(-c2nc(N)c3cccc(OC)c3c2-c2ccc(OC)cc2)cc1. The lowest BCUT2D eigenvalue weighted by molar-refractivity contribution is 0.414. The minimum absolute atomic E-state index is 0.460. The third kappa shape index (κ3) is 3.31. The van der Waals surface area contributed by atoms with Crippen molar-refractivity contribution in [3.8, 4) is 39.6 Å². The summed E-state index contributed by atoms with van der Waals surface area (Å²) in [6.07, 6.45) is 0. The van der Waals surface area contributed by atoms with Crippen LogP contribution >= 0.6 is 0 Å². The second kappa shape index (κ2) is 7.72. The number of methoxy groups -OCH3 is 3. The molecule has 0 amide bonds. The Hall–Kier alpha value is -3.73. The molecule has 146 valence electrons. The standard InChI is InChI=1S/C24H22N2O3/c1-27-17-11-7-15(8-12-17)21-22-19(5-4-6-20(22)29-3)24(25)26-23(21)16-9-13-18(28-2)14-10-16/h4-14H,1-3H3,(H2,25,26). The number of pyridine rings is 1. The summed E-state index contributed by atoms with van der Waals surface area (Å²) in [7, 11) is 4.96. The summed E-state index contributed by atoms with van der Waals surface area (Å²) >= 11 is 0. The van der Waals surface area contributed by atoms with Gasteiger partial charge in [-0.15, -0.1) is 0 Å². The van der Waals surface area contributed by atoms with E-state index in [-0.39, 0.29) is 0 Å². The Bertz CT molecular complexity index is 1150. The molecule has 0 aliphatic rings. The number of nitrogens with zero attached hydrogens (tertiary/aromatic N) is 1. The van der Waals surface area contributed by atoms with E-state index in [9.17, 15) is 0 Å². The highest BCUT2D eigenvalue weighted by Gasteiger charge is 2.19. The van der Waals surface area contributed by atoms with Gasteiger partial charge in [0.25, 0.3) is 0 Å². The fourth-order valence-corrected chi connectivity index (χ4v) is 3.52. The van der Waals surface area contributed by atoms with Crippen molar-refractivity contribution in [3.63, 3.8) is 0 Å². The van der Waals surface area contributed by atoms with Gasteiger partial charge in [0.1, 0.15) is 23.1 Å². The van der Waals surface area contributed by atoms with Crippen LogP contribution in [0.15, 0.2) is 66.7 Å². The van der Waals surface area contributed by atoms with Crippen LogP contribution < -0.4 is 19.9 Å². The van der Waals surface area contributed by atoms with Gasteiger partial charge in [-0.3, -0.25) is 0 Å². The minimum Gasteiger partial charge on any atom is -0.497 e. The number of aromatic nitrogens is 1. The molecular weight excluding hydrogens is 364 g/mol. The second-order valence-corrected chi connectivity index (χ2v) is 6.56. The number of nitrogens with two attached hydrogens (primary N) is 1. The highest BCUT2D eigenvalue weighted by molar-refractivity contribution is 6.09. The zero-order chi connectivity index (χ0) is 20.4. The van der Waals surface area contributed by atoms with Crippen LogP contribution in [0.2, 0.25) is 0 Å². The normalized spacial score (nSPS) is 10.7. The predicted octanol–water partition coefficient (Wildman–Crippen LogP) is 5.18. The number of hydrogen-bond donors (Lipinski definition) is 1. The average Bonchev–Trinajstić information content (AvgIpc) is 2.79. The maximum atomic E-state index is 6.36. The topological polar surface area (TPSA) is 66.6 Å². The molecule has 1 heterocycles. The fourth-order valence-electron chi connectivity index (χ4n) is 3.52. The van der Waals surface area contributed by atoms with Crippen molar-refractivity contribution in [1.82, 2.24) is 4.98 Å². The third-order valence-electron chi connectivity index (χ3n) is 4.98. The Labute approximate surface area is 169 Å². The highest BCUT2D eigenvalue weighted by Crippen LogP contribution is 2.43.